The number of para-hydroxylation sites is 1. The molecule has 0 N–H and O–H groups in total. The first-order chi connectivity index (χ1) is 15.0. The second-order valence-corrected chi connectivity index (χ2v) is 7.18. The van der Waals surface area contributed by atoms with Crippen molar-refractivity contribution >= 4 is 22.6 Å². The number of hydrogen-bond acceptors (Lipinski definition) is 3. The van der Waals surface area contributed by atoms with Crippen LogP contribution in [0, 0.1) is 0 Å². The third-order valence-corrected chi connectivity index (χ3v) is 4.89. The van der Waals surface area contributed by atoms with Crippen LogP contribution in [-0.2, 0) is 12.7 Å². The van der Waals surface area contributed by atoms with E-state index < -0.39 is 30.0 Å². The number of hydrogen-bond donors (Lipinski definition) is 0. The van der Waals surface area contributed by atoms with Gasteiger partial charge in [-0.3, -0.25) is 9.36 Å². The Labute approximate surface area is 180 Å². The number of nitrogens with zero attached hydrogens (tertiary/aromatic N) is 4. The molecule has 0 radical (unpaired) electrons. The van der Waals surface area contributed by atoms with Crippen LogP contribution in [0.25, 0.3) is 28.0 Å². The molecule has 0 saturated heterocycles. The Balaban J connectivity index is 1.99. The molecule has 2 heterocycles. The van der Waals surface area contributed by atoms with E-state index in [-0.39, 0.29) is 33.0 Å². The Morgan fingerprint density at radius 2 is 1.56 bits per heavy atom. The third-order valence-electron chi connectivity index (χ3n) is 4.57. The number of alkyl halides is 6. The van der Waals surface area contributed by atoms with Crippen molar-refractivity contribution in [3.63, 3.8) is 0 Å². The van der Waals surface area contributed by atoms with Crippen LogP contribution < -0.4 is 5.56 Å². The molecule has 166 valence electrons. The Bertz CT molecular complexity index is 1360. The lowest BCUT2D eigenvalue weighted by molar-refractivity contribution is -0.141. The summed E-state index contributed by atoms with van der Waals surface area (Å²) >= 11 is 6.23. The monoisotopic (exact) mass is 472 g/mol. The summed E-state index contributed by atoms with van der Waals surface area (Å²) in [6.45, 7) is -1.57. The molecule has 32 heavy (non-hydrogen) atoms. The summed E-state index contributed by atoms with van der Waals surface area (Å²) in [5, 5.41) is 4.33. The number of fused-ring (bicyclic) bond motifs is 1. The van der Waals surface area contributed by atoms with Gasteiger partial charge in [0, 0.05) is 5.56 Å². The van der Waals surface area contributed by atoms with Gasteiger partial charge in [-0.05, 0) is 24.3 Å². The molecule has 0 amide bonds. The van der Waals surface area contributed by atoms with Crippen LogP contribution in [0.3, 0.4) is 0 Å². The number of benzene rings is 2. The zero-order chi connectivity index (χ0) is 23.3. The van der Waals surface area contributed by atoms with Crippen LogP contribution in [0.1, 0.15) is 5.56 Å². The summed E-state index contributed by atoms with van der Waals surface area (Å²) in [5.41, 5.74) is -1.82. The van der Waals surface area contributed by atoms with Gasteiger partial charge >= 0.3 is 12.4 Å². The van der Waals surface area contributed by atoms with Crippen LogP contribution in [0.15, 0.2) is 59.7 Å². The molecule has 0 fully saturated rings. The van der Waals surface area contributed by atoms with E-state index in [1.807, 2.05) is 0 Å². The second-order valence-electron chi connectivity index (χ2n) is 6.78. The molecule has 0 aliphatic carbocycles. The molecule has 12 heteroatoms. The van der Waals surface area contributed by atoms with Crippen molar-refractivity contribution in [1.82, 2.24) is 19.3 Å². The highest BCUT2D eigenvalue weighted by atomic mass is 35.5. The average Bonchev–Trinajstić information content (AvgIpc) is 3.09. The molecule has 2 aromatic carbocycles. The van der Waals surface area contributed by atoms with Crippen LogP contribution in [0.5, 0.6) is 0 Å². The Hall–Kier alpha value is -3.34. The maximum atomic E-state index is 13.0. The third kappa shape index (κ3) is 4.07. The summed E-state index contributed by atoms with van der Waals surface area (Å²) in [4.78, 5) is 16.6. The fourth-order valence-electron chi connectivity index (χ4n) is 3.17. The summed E-state index contributed by atoms with van der Waals surface area (Å²) < 4.78 is 78.8. The topological polar surface area (TPSA) is 52.7 Å². The molecule has 0 aliphatic rings. The minimum absolute atomic E-state index is 0.0758. The molecule has 0 aliphatic heterocycles. The number of halogens is 7. The van der Waals surface area contributed by atoms with Gasteiger partial charge in [0.05, 0.1) is 22.6 Å². The normalized spacial score (nSPS) is 12.5. The Morgan fingerprint density at radius 1 is 0.906 bits per heavy atom. The number of rotatable bonds is 3. The molecule has 2 aromatic heterocycles. The van der Waals surface area contributed by atoms with E-state index in [0.717, 1.165) is 30.6 Å². The van der Waals surface area contributed by atoms with E-state index in [9.17, 15) is 31.1 Å². The SMILES string of the molecule is O=c1c2nn(-c3ccccc3Cl)c(-c3ccc(C(F)(F)F)cc3)c2ncn1CC(F)(F)F. The predicted octanol–water partition coefficient (Wildman–Crippen LogP) is 5.48. The van der Waals surface area contributed by atoms with Gasteiger partial charge in [-0.25, -0.2) is 9.67 Å². The zero-order valence-electron chi connectivity index (χ0n) is 15.7. The molecule has 0 saturated carbocycles. The zero-order valence-corrected chi connectivity index (χ0v) is 16.5. The maximum Gasteiger partial charge on any atom is 0.416 e. The molecule has 0 spiro atoms. The lowest BCUT2D eigenvalue weighted by Crippen LogP contribution is -2.28. The smallest absolute Gasteiger partial charge is 0.288 e. The van der Waals surface area contributed by atoms with Gasteiger partial charge in [-0.2, -0.15) is 31.4 Å². The van der Waals surface area contributed by atoms with Gasteiger partial charge in [0.15, 0.2) is 5.52 Å². The molecule has 5 nitrogen and oxygen atoms in total. The Morgan fingerprint density at radius 3 is 2.16 bits per heavy atom. The molecule has 4 rings (SSSR count). The second kappa shape index (κ2) is 7.66. The molecule has 0 bridgehead atoms. The number of aromatic nitrogens is 4. The minimum atomic E-state index is -4.67. The first kappa shape index (κ1) is 21.9. The van der Waals surface area contributed by atoms with E-state index in [1.54, 1.807) is 12.1 Å². The molecule has 0 unspecified atom stereocenters. The predicted molar refractivity (Wildman–Crippen MR) is 105 cm³/mol. The fraction of sp³-hybridized carbons (Fsp3) is 0.150. The lowest BCUT2D eigenvalue weighted by Gasteiger charge is -2.11. The highest BCUT2D eigenvalue weighted by molar-refractivity contribution is 6.32. The maximum absolute atomic E-state index is 13.0. The van der Waals surface area contributed by atoms with Gasteiger partial charge in [0.2, 0.25) is 0 Å². The average molecular weight is 473 g/mol. The van der Waals surface area contributed by atoms with Crippen molar-refractivity contribution in [2.45, 2.75) is 18.9 Å². The van der Waals surface area contributed by atoms with Gasteiger partial charge < -0.3 is 0 Å². The highest BCUT2D eigenvalue weighted by Gasteiger charge is 2.31. The summed E-state index contributed by atoms with van der Waals surface area (Å²) in [6, 6.07) is 10.3. The molecular formula is C20H11ClF6N4O. The summed E-state index contributed by atoms with van der Waals surface area (Å²) in [5.74, 6) is 0. The van der Waals surface area contributed by atoms with Crippen LogP contribution in [0.2, 0.25) is 5.02 Å². The summed E-state index contributed by atoms with van der Waals surface area (Å²) in [6.07, 6.45) is -8.50. The van der Waals surface area contributed by atoms with E-state index in [4.69, 9.17) is 11.6 Å². The van der Waals surface area contributed by atoms with Gasteiger partial charge in [0.1, 0.15) is 17.8 Å². The van der Waals surface area contributed by atoms with Gasteiger partial charge in [-0.15, -0.1) is 0 Å². The van der Waals surface area contributed by atoms with E-state index in [0.29, 0.717) is 4.57 Å². The highest BCUT2D eigenvalue weighted by Crippen LogP contribution is 2.34. The van der Waals surface area contributed by atoms with E-state index in [2.05, 4.69) is 10.1 Å². The van der Waals surface area contributed by atoms with Crippen molar-refractivity contribution in [2.24, 2.45) is 0 Å². The largest absolute Gasteiger partial charge is 0.416 e. The van der Waals surface area contributed by atoms with E-state index in [1.165, 1.54) is 16.8 Å². The standard InChI is InChI=1S/C20H11ClF6N4O/c21-13-3-1-2-4-14(13)31-17(11-5-7-12(8-6-11)20(25,26)27)15-16(29-31)18(32)30(10-28-15)9-19(22,23)24/h1-8,10H,9H2. The van der Waals surface area contributed by atoms with Crippen LogP contribution >= 0.6 is 11.6 Å². The Kier molecular flexibility index (Phi) is 5.24. The first-order valence-corrected chi connectivity index (χ1v) is 9.31. The van der Waals surface area contributed by atoms with Crippen molar-refractivity contribution in [3.8, 4) is 16.9 Å². The first-order valence-electron chi connectivity index (χ1n) is 8.93. The fourth-order valence-corrected chi connectivity index (χ4v) is 3.39. The van der Waals surface area contributed by atoms with E-state index >= 15 is 0 Å². The van der Waals surface area contributed by atoms with Crippen molar-refractivity contribution in [1.29, 1.82) is 0 Å². The van der Waals surface area contributed by atoms with Crippen molar-refractivity contribution in [2.75, 3.05) is 0 Å². The van der Waals surface area contributed by atoms with Crippen LogP contribution in [0.4, 0.5) is 26.3 Å². The lowest BCUT2D eigenvalue weighted by atomic mass is 10.1. The van der Waals surface area contributed by atoms with Gasteiger partial charge in [-0.1, -0.05) is 35.9 Å². The molecule has 4 aromatic rings. The van der Waals surface area contributed by atoms with Crippen molar-refractivity contribution < 1.29 is 26.3 Å². The summed E-state index contributed by atoms with van der Waals surface area (Å²) in [7, 11) is 0. The quantitative estimate of drug-likeness (QED) is 0.371. The molecular weight excluding hydrogens is 462 g/mol. The van der Waals surface area contributed by atoms with Crippen LogP contribution in [-0.4, -0.2) is 25.5 Å². The molecule has 0 atom stereocenters. The van der Waals surface area contributed by atoms with Crippen molar-refractivity contribution in [3.05, 3.63) is 75.8 Å². The van der Waals surface area contributed by atoms with Gasteiger partial charge in [0.25, 0.3) is 5.56 Å². The minimum Gasteiger partial charge on any atom is -0.288 e.